The van der Waals surface area contributed by atoms with E-state index in [1.807, 2.05) is 0 Å². The maximum atomic E-state index is 13.1. The van der Waals surface area contributed by atoms with E-state index in [4.69, 9.17) is 11.6 Å². The van der Waals surface area contributed by atoms with Crippen molar-refractivity contribution < 1.29 is 18.4 Å². The summed E-state index contributed by atoms with van der Waals surface area (Å²) >= 11 is 6.22. The largest absolute Gasteiger partial charge is 0.328 e. The fraction of sp³-hybridized carbons (Fsp3) is 0.0476. The Kier molecular flexibility index (Phi) is 6.01. The van der Waals surface area contributed by atoms with Crippen LogP contribution in [0.4, 0.5) is 8.78 Å². The molecule has 2 N–H and O–H groups in total. The standard InChI is InChI=1S/C21H15ClF2N2O2/c22-18-4-2-1-3-17(18)19(25-20(27)13-5-9-15(23)10-6-13)26-21(28)14-7-11-16(24)12-8-14/h1-12,19H,(H,25,27)(H,26,28). The highest BCUT2D eigenvalue weighted by Crippen LogP contribution is 2.22. The van der Waals surface area contributed by atoms with Crippen LogP contribution in [0.15, 0.2) is 72.8 Å². The van der Waals surface area contributed by atoms with Crippen LogP contribution in [0.2, 0.25) is 5.02 Å². The van der Waals surface area contributed by atoms with Gasteiger partial charge in [-0.1, -0.05) is 29.8 Å². The van der Waals surface area contributed by atoms with Crippen LogP contribution in [-0.2, 0) is 0 Å². The SMILES string of the molecule is O=C(NC(NC(=O)c1ccc(F)cc1)c1ccccc1Cl)c1ccc(F)cc1. The molecule has 0 fully saturated rings. The monoisotopic (exact) mass is 400 g/mol. The first-order valence-electron chi connectivity index (χ1n) is 8.31. The number of halogens is 3. The number of carbonyl (C=O) groups is 2. The zero-order valence-corrected chi connectivity index (χ0v) is 15.2. The van der Waals surface area contributed by atoms with Crippen molar-refractivity contribution in [1.29, 1.82) is 0 Å². The first-order chi connectivity index (χ1) is 13.4. The summed E-state index contributed by atoms with van der Waals surface area (Å²) in [5.74, 6) is -1.98. The molecule has 0 heterocycles. The molecule has 7 heteroatoms. The van der Waals surface area contributed by atoms with Crippen molar-refractivity contribution in [1.82, 2.24) is 10.6 Å². The van der Waals surface area contributed by atoms with Gasteiger partial charge in [-0.25, -0.2) is 8.78 Å². The molecule has 0 aromatic heterocycles. The molecule has 0 bridgehead atoms. The van der Waals surface area contributed by atoms with E-state index in [0.29, 0.717) is 10.6 Å². The molecular formula is C21H15ClF2N2O2. The maximum absolute atomic E-state index is 13.1. The van der Waals surface area contributed by atoms with Crippen LogP contribution in [0.3, 0.4) is 0 Å². The Labute approximate surface area is 165 Å². The van der Waals surface area contributed by atoms with E-state index in [9.17, 15) is 18.4 Å². The minimum Gasteiger partial charge on any atom is -0.328 e. The molecule has 0 aliphatic carbocycles. The minimum absolute atomic E-state index is 0.217. The second-order valence-electron chi connectivity index (χ2n) is 5.92. The van der Waals surface area contributed by atoms with Crippen LogP contribution in [0, 0.1) is 11.6 Å². The Balaban J connectivity index is 1.86. The van der Waals surface area contributed by atoms with Crippen molar-refractivity contribution in [2.45, 2.75) is 6.17 Å². The van der Waals surface area contributed by atoms with E-state index in [0.717, 1.165) is 24.3 Å². The molecule has 0 aliphatic rings. The number of amides is 2. The lowest BCUT2D eigenvalue weighted by Crippen LogP contribution is -2.41. The van der Waals surface area contributed by atoms with Crippen molar-refractivity contribution in [3.8, 4) is 0 Å². The molecule has 4 nitrogen and oxygen atoms in total. The van der Waals surface area contributed by atoms with Gasteiger partial charge in [-0.05, 0) is 54.6 Å². The van der Waals surface area contributed by atoms with Gasteiger partial charge >= 0.3 is 0 Å². The molecule has 0 unspecified atom stereocenters. The van der Waals surface area contributed by atoms with E-state index < -0.39 is 29.6 Å². The second-order valence-corrected chi connectivity index (χ2v) is 6.32. The lowest BCUT2D eigenvalue weighted by molar-refractivity contribution is 0.0883. The minimum atomic E-state index is -0.955. The summed E-state index contributed by atoms with van der Waals surface area (Å²) in [4.78, 5) is 25.1. The smallest absolute Gasteiger partial charge is 0.253 e. The van der Waals surface area contributed by atoms with Gasteiger partial charge in [0, 0.05) is 21.7 Å². The zero-order valence-electron chi connectivity index (χ0n) is 14.5. The van der Waals surface area contributed by atoms with Gasteiger partial charge in [-0.2, -0.15) is 0 Å². The summed E-state index contributed by atoms with van der Waals surface area (Å²) in [5.41, 5.74) is 0.902. The molecule has 3 aromatic carbocycles. The number of hydrogen-bond acceptors (Lipinski definition) is 2. The lowest BCUT2D eigenvalue weighted by atomic mass is 10.1. The van der Waals surface area contributed by atoms with Crippen molar-refractivity contribution in [3.63, 3.8) is 0 Å². The molecule has 28 heavy (non-hydrogen) atoms. The predicted molar refractivity (Wildman–Crippen MR) is 102 cm³/mol. The van der Waals surface area contributed by atoms with Gasteiger partial charge in [-0.3, -0.25) is 9.59 Å². The van der Waals surface area contributed by atoms with Crippen LogP contribution >= 0.6 is 11.6 Å². The molecule has 0 atom stereocenters. The Bertz CT molecular complexity index is 933. The van der Waals surface area contributed by atoms with Crippen LogP contribution in [-0.4, -0.2) is 11.8 Å². The third-order valence-corrected chi connectivity index (χ3v) is 4.32. The number of rotatable bonds is 5. The fourth-order valence-electron chi connectivity index (χ4n) is 2.53. The van der Waals surface area contributed by atoms with E-state index in [1.54, 1.807) is 24.3 Å². The van der Waals surface area contributed by atoms with Gasteiger partial charge in [0.2, 0.25) is 0 Å². The fourth-order valence-corrected chi connectivity index (χ4v) is 2.78. The highest BCUT2D eigenvalue weighted by Gasteiger charge is 2.21. The molecule has 0 saturated heterocycles. The molecule has 0 radical (unpaired) electrons. The highest BCUT2D eigenvalue weighted by atomic mass is 35.5. The average Bonchev–Trinajstić information content (AvgIpc) is 2.69. The van der Waals surface area contributed by atoms with Crippen molar-refractivity contribution in [2.24, 2.45) is 0 Å². The second kappa shape index (κ2) is 8.63. The molecule has 3 rings (SSSR count). The van der Waals surface area contributed by atoms with Gasteiger partial charge in [0.1, 0.15) is 17.8 Å². The molecule has 0 saturated carbocycles. The van der Waals surface area contributed by atoms with Gasteiger partial charge in [0.05, 0.1) is 0 Å². The van der Waals surface area contributed by atoms with Crippen molar-refractivity contribution >= 4 is 23.4 Å². The Morgan fingerprint density at radius 1 is 0.714 bits per heavy atom. The molecule has 142 valence electrons. The maximum Gasteiger partial charge on any atom is 0.253 e. The summed E-state index contributed by atoms with van der Waals surface area (Å²) in [6.07, 6.45) is -0.955. The first kappa shape index (κ1) is 19.5. The number of nitrogens with one attached hydrogen (secondary N) is 2. The molecular weight excluding hydrogens is 386 g/mol. The summed E-state index contributed by atoms with van der Waals surface area (Å²) in [6, 6.07) is 16.7. The van der Waals surface area contributed by atoms with E-state index in [1.165, 1.54) is 24.3 Å². The molecule has 2 amide bonds. The Morgan fingerprint density at radius 3 is 1.57 bits per heavy atom. The third-order valence-electron chi connectivity index (χ3n) is 3.98. The summed E-state index contributed by atoms with van der Waals surface area (Å²) in [7, 11) is 0. The van der Waals surface area contributed by atoms with Crippen molar-refractivity contribution in [3.05, 3.63) is 106 Å². The Morgan fingerprint density at radius 2 is 1.14 bits per heavy atom. The number of carbonyl (C=O) groups excluding carboxylic acids is 2. The van der Waals surface area contributed by atoms with E-state index in [2.05, 4.69) is 10.6 Å². The molecule has 0 spiro atoms. The highest BCUT2D eigenvalue weighted by molar-refractivity contribution is 6.31. The van der Waals surface area contributed by atoms with E-state index in [-0.39, 0.29) is 11.1 Å². The lowest BCUT2D eigenvalue weighted by Gasteiger charge is -2.22. The normalized spacial score (nSPS) is 10.6. The summed E-state index contributed by atoms with van der Waals surface area (Å²) < 4.78 is 26.2. The molecule has 0 aliphatic heterocycles. The predicted octanol–water partition coefficient (Wildman–Crippen LogP) is 4.48. The van der Waals surface area contributed by atoms with Crippen molar-refractivity contribution in [2.75, 3.05) is 0 Å². The third kappa shape index (κ3) is 4.72. The van der Waals surface area contributed by atoms with Gasteiger partial charge in [0.25, 0.3) is 11.8 Å². The summed E-state index contributed by atoms with van der Waals surface area (Å²) in [6.45, 7) is 0. The van der Waals surface area contributed by atoms with E-state index >= 15 is 0 Å². The quantitative estimate of drug-likeness (QED) is 0.620. The molecule has 3 aromatic rings. The Hall–Kier alpha value is -3.25. The summed E-state index contributed by atoms with van der Waals surface area (Å²) in [5, 5.41) is 5.68. The van der Waals surface area contributed by atoms with Crippen LogP contribution in [0.1, 0.15) is 32.4 Å². The van der Waals surface area contributed by atoms with Crippen LogP contribution in [0.5, 0.6) is 0 Å². The van der Waals surface area contributed by atoms with Crippen LogP contribution in [0.25, 0.3) is 0 Å². The number of hydrogen-bond donors (Lipinski definition) is 2. The zero-order chi connectivity index (χ0) is 20.1. The van der Waals surface area contributed by atoms with Gasteiger partial charge in [0.15, 0.2) is 0 Å². The van der Waals surface area contributed by atoms with Crippen LogP contribution < -0.4 is 10.6 Å². The number of benzene rings is 3. The van der Waals surface area contributed by atoms with Gasteiger partial charge < -0.3 is 10.6 Å². The first-order valence-corrected chi connectivity index (χ1v) is 8.69. The average molecular weight is 401 g/mol. The van der Waals surface area contributed by atoms with Gasteiger partial charge in [-0.15, -0.1) is 0 Å². The topological polar surface area (TPSA) is 58.2 Å².